The molecule has 2 aromatic rings. The lowest BCUT2D eigenvalue weighted by molar-refractivity contribution is -0.122. The molecule has 1 nitrogen and oxygen atoms in total. The number of benzene rings is 2. The zero-order valence-corrected chi connectivity index (χ0v) is 13.1. The van der Waals surface area contributed by atoms with Gasteiger partial charge in [0.25, 0.3) is 0 Å². The molecule has 2 aromatic carbocycles. The average molecular weight is 335 g/mol. The predicted molar refractivity (Wildman–Crippen MR) is 82.3 cm³/mol. The van der Waals surface area contributed by atoms with Crippen LogP contribution in [0, 0.1) is 5.82 Å². The Bertz CT molecular complexity index is 620. The van der Waals surface area contributed by atoms with Crippen LogP contribution in [0.1, 0.15) is 25.0 Å². The van der Waals surface area contributed by atoms with Crippen LogP contribution in [-0.4, -0.2) is 5.78 Å². The molecule has 0 radical (unpaired) electrons. The van der Waals surface area contributed by atoms with Crippen molar-refractivity contribution in [2.75, 3.05) is 0 Å². The molecular formula is C17H16BrFO. The molecule has 3 heteroatoms. The summed E-state index contributed by atoms with van der Waals surface area (Å²) in [5.74, 6) is -0.346. The monoisotopic (exact) mass is 334 g/mol. The van der Waals surface area contributed by atoms with Crippen LogP contribution < -0.4 is 0 Å². The number of carbonyl (C=O) groups is 1. The number of Topliss-reactive ketones (excluding diaryl/α,β-unsaturated/α-hetero) is 1. The van der Waals surface area contributed by atoms with Crippen molar-refractivity contribution < 1.29 is 9.18 Å². The van der Waals surface area contributed by atoms with Gasteiger partial charge in [-0.3, -0.25) is 4.79 Å². The summed E-state index contributed by atoms with van der Waals surface area (Å²) < 4.78 is 14.5. The van der Waals surface area contributed by atoms with Crippen LogP contribution in [0.2, 0.25) is 0 Å². The molecule has 0 spiro atoms. The van der Waals surface area contributed by atoms with Crippen LogP contribution in [0.15, 0.2) is 53.0 Å². The number of halogens is 2. The van der Waals surface area contributed by atoms with Gasteiger partial charge in [0.2, 0.25) is 0 Å². The molecule has 0 atom stereocenters. The maximum atomic E-state index is 13.8. The normalized spacial score (nSPS) is 11.4. The van der Waals surface area contributed by atoms with Gasteiger partial charge in [0.1, 0.15) is 11.6 Å². The Balaban J connectivity index is 2.23. The smallest absolute Gasteiger partial charge is 0.147 e. The highest BCUT2D eigenvalue weighted by atomic mass is 79.9. The third-order valence-electron chi connectivity index (χ3n) is 3.56. The molecule has 0 fully saturated rings. The standard InChI is InChI=1S/C17H16BrFO/c1-17(2,13-6-4-3-5-7-13)16(20)10-12-8-9-14(18)11-15(12)19/h3-9,11H,10H2,1-2H3. The highest BCUT2D eigenvalue weighted by molar-refractivity contribution is 9.10. The first kappa shape index (κ1) is 14.9. The number of hydrogen-bond acceptors (Lipinski definition) is 1. The summed E-state index contributed by atoms with van der Waals surface area (Å²) in [7, 11) is 0. The Morgan fingerprint density at radius 3 is 2.40 bits per heavy atom. The van der Waals surface area contributed by atoms with Crippen molar-refractivity contribution in [1.82, 2.24) is 0 Å². The summed E-state index contributed by atoms with van der Waals surface area (Å²) in [6.07, 6.45) is 0.0982. The lowest BCUT2D eigenvalue weighted by Crippen LogP contribution is -2.30. The van der Waals surface area contributed by atoms with E-state index >= 15 is 0 Å². The third kappa shape index (κ3) is 3.15. The van der Waals surface area contributed by atoms with Gasteiger partial charge in [-0.1, -0.05) is 52.3 Å². The van der Waals surface area contributed by atoms with E-state index in [1.54, 1.807) is 12.1 Å². The quantitative estimate of drug-likeness (QED) is 0.793. The molecule has 20 heavy (non-hydrogen) atoms. The van der Waals surface area contributed by atoms with E-state index in [-0.39, 0.29) is 18.0 Å². The fourth-order valence-corrected chi connectivity index (χ4v) is 2.41. The first-order chi connectivity index (χ1) is 9.41. The molecule has 0 aliphatic heterocycles. The van der Waals surface area contributed by atoms with Gasteiger partial charge in [-0.25, -0.2) is 4.39 Å². The number of carbonyl (C=O) groups excluding carboxylic acids is 1. The Labute approximate surface area is 127 Å². The zero-order chi connectivity index (χ0) is 14.8. The second-order valence-electron chi connectivity index (χ2n) is 5.33. The van der Waals surface area contributed by atoms with Gasteiger partial charge in [-0.15, -0.1) is 0 Å². The van der Waals surface area contributed by atoms with E-state index in [4.69, 9.17) is 0 Å². The fraction of sp³-hybridized carbons (Fsp3) is 0.235. The molecular weight excluding hydrogens is 319 g/mol. The SMILES string of the molecule is CC(C)(C(=O)Cc1ccc(Br)cc1F)c1ccccc1. The molecule has 0 amide bonds. The van der Waals surface area contributed by atoms with Crippen molar-refractivity contribution >= 4 is 21.7 Å². The van der Waals surface area contributed by atoms with Gasteiger partial charge in [0.05, 0.1) is 0 Å². The van der Waals surface area contributed by atoms with Crippen molar-refractivity contribution in [2.24, 2.45) is 0 Å². The molecule has 0 aliphatic carbocycles. The minimum atomic E-state index is -0.624. The second-order valence-corrected chi connectivity index (χ2v) is 6.24. The van der Waals surface area contributed by atoms with E-state index < -0.39 is 5.41 Å². The second kappa shape index (κ2) is 5.88. The first-order valence-corrected chi connectivity index (χ1v) is 7.23. The Morgan fingerprint density at radius 2 is 1.80 bits per heavy atom. The largest absolute Gasteiger partial charge is 0.298 e. The summed E-state index contributed by atoms with van der Waals surface area (Å²) in [5.41, 5.74) is 0.755. The van der Waals surface area contributed by atoms with E-state index in [9.17, 15) is 9.18 Å². The first-order valence-electron chi connectivity index (χ1n) is 6.44. The summed E-state index contributed by atoms with van der Waals surface area (Å²) in [6, 6.07) is 14.4. The predicted octanol–water partition coefficient (Wildman–Crippen LogP) is 4.68. The van der Waals surface area contributed by atoms with Crippen molar-refractivity contribution in [3.05, 3.63) is 69.9 Å². The molecule has 2 rings (SSSR count). The zero-order valence-electron chi connectivity index (χ0n) is 11.5. The number of ketones is 1. The van der Waals surface area contributed by atoms with Gasteiger partial charge in [0, 0.05) is 16.3 Å². The lowest BCUT2D eigenvalue weighted by atomic mass is 9.78. The van der Waals surface area contributed by atoms with Crippen LogP contribution in [-0.2, 0) is 16.6 Å². The Hall–Kier alpha value is -1.48. The maximum Gasteiger partial charge on any atom is 0.147 e. The van der Waals surface area contributed by atoms with Gasteiger partial charge in [-0.2, -0.15) is 0 Å². The molecule has 0 bridgehead atoms. The number of hydrogen-bond donors (Lipinski definition) is 0. The summed E-state index contributed by atoms with van der Waals surface area (Å²) >= 11 is 3.21. The van der Waals surface area contributed by atoms with E-state index in [1.165, 1.54) is 6.07 Å². The summed E-state index contributed by atoms with van der Waals surface area (Å²) in [6.45, 7) is 3.75. The molecule has 0 aromatic heterocycles. The lowest BCUT2D eigenvalue weighted by Gasteiger charge is -2.24. The molecule has 0 unspecified atom stereocenters. The molecule has 0 saturated heterocycles. The maximum absolute atomic E-state index is 13.8. The molecule has 0 aliphatic rings. The van der Waals surface area contributed by atoms with Crippen LogP contribution in [0.5, 0.6) is 0 Å². The molecule has 0 heterocycles. The highest BCUT2D eigenvalue weighted by Crippen LogP contribution is 2.26. The van der Waals surface area contributed by atoms with E-state index in [0.717, 1.165) is 5.56 Å². The fourth-order valence-electron chi connectivity index (χ4n) is 2.07. The highest BCUT2D eigenvalue weighted by Gasteiger charge is 2.29. The van der Waals surface area contributed by atoms with E-state index in [2.05, 4.69) is 15.9 Å². The minimum Gasteiger partial charge on any atom is -0.298 e. The molecule has 0 saturated carbocycles. The van der Waals surface area contributed by atoms with E-state index in [1.807, 2.05) is 44.2 Å². The van der Waals surface area contributed by atoms with Crippen molar-refractivity contribution in [1.29, 1.82) is 0 Å². The van der Waals surface area contributed by atoms with Gasteiger partial charge >= 0.3 is 0 Å². The van der Waals surface area contributed by atoms with E-state index in [0.29, 0.717) is 10.0 Å². The Kier molecular flexibility index (Phi) is 4.39. The van der Waals surface area contributed by atoms with Crippen LogP contribution in [0.25, 0.3) is 0 Å². The minimum absolute atomic E-state index is 0.00456. The van der Waals surface area contributed by atoms with Gasteiger partial charge < -0.3 is 0 Å². The summed E-state index contributed by atoms with van der Waals surface area (Å²) in [4.78, 5) is 12.5. The van der Waals surface area contributed by atoms with Crippen molar-refractivity contribution in [3.8, 4) is 0 Å². The van der Waals surface area contributed by atoms with Gasteiger partial charge in [-0.05, 0) is 37.1 Å². The average Bonchev–Trinajstić information content (AvgIpc) is 2.42. The number of rotatable bonds is 4. The Morgan fingerprint density at radius 1 is 1.15 bits per heavy atom. The van der Waals surface area contributed by atoms with Crippen LogP contribution in [0.4, 0.5) is 4.39 Å². The molecule has 0 N–H and O–H groups in total. The summed E-state index contributed by atoms with van der Waals surface area (Å²) in [5, 5.41) is 0. The van der Waals surface area contributed by atoms with Crippen molar-refractivity contribution in [3.63, 3.8) is 0 Å². The third-order valence-corrected chi connectivity index (χ3v) is 4.05. The molecule has 104 valence electrons. The van der Waals surface area contributed by atoms with Gasteiger partial charge in [0.15, 0.2) is 0 Å². The van der Waals surface area contributed by atoms with Crippen LogP contribution >= 0.6 is 15.9 Å². The topological polar surface area (TPSA) is 17.1 Å². The van der Waals surface area contributed by atoms with Crippen molar-refractivity contribution in [2.45, 2.75) is 25.7 Å². The van der Waals surface area contributed by atoms with Crippen LogP contribution in [0.3, 0.4) is 0 Å².